The van der Waals surface area contributed by atoms with Crippen molar-refractivity contribution < 1.29 is 89.4 Å². The Morgan fingerprint density at radius 2 is 0.767 bits per heavy atom. The predicted octanol–water partition coefficient (Wildman–Crippen LogP) is 9.33. The summed E-state index contributed by atoms with van der Waals surface area (Å²) < 4.78 is 34.2. The number of amides is 1. The lowest BCUT2D eigenvalue weighted by Gasteiger charge is -2.48. The summed E-state index contributed by atoms with van der Waals surface area (Å²) in [6.45, 7) is 1.51. The van der Waals surface area contributed by atoms with E-state index in [2.05, 4.69) is 79.9 Å². The van der Waals surface area contributed by atoms with Crippen LogP contribution >= 0.6 is 0 Å². The van der Waals surface area contributed by atoms with Gasteiger partial charge >= 0.3 is 0 Å². The Bertz CT molecular complexity index is 1920. The fourth-order valence-electron chi connectivity index (χ4n) is 11.6. The van der Waals surface area contributed by atoms with Crippen LogP contribution in [0.1, 0.15) is 239 Å². The van der Waals surface area contributed by atoms with Gasteiger partial charge in [-0.1, -0.05) is 241 Å². The van der Waals surface area contributed by atoms with E-state index in [1.807, 2.05) is 6.08 Å². The average molecular weight is 1280 g/mol. The summed E-state index contributed by atoms with van der Waals surface area (Å²) in [5.74, 6) is -0.280. The van der Waals surface area contributed by atoms with Crippen molar-refractivity contribution in [1.82, 2.24) is 5.32 Å². The van der Waals surface area contributed by atoms with Crippen LogP contribution in [-0.2, 0) is 33.2 Å². The van der Waals surface area contributed by atoms with Crippen molar-refractivity contribution in [3.63, 3.8) is 0 Å². The first kappa shape index (κ1) is 81.5. The van der Waals surface area contributed by atoms with Crippen LogP contribution in [0, 0.1) is 0 Å². The number of allylic oxidation sites excluding steroid dienone is 11. The number of nitrogens with one attached hydrogen (secondary N) is 1. The van der Waals surface area contributed by atoms with E-state index in [1.54, 1.807) is 6.08 Å². The van der Waals surface area contributed by atoms with E-state index in [1.165, 1.54) is 128 Å². The molecule has 3 heterocycles. The maximum absolute atomic E-state index is 13.3. The van der Waals surface area contributed by atoms with Crippen molar-refractivity contribution in [2.75, 3.05) is 26.4 Å². The highest BCUT2D eigenvalue weighted by molar-refractivity contribution is 5.76. The number of aliphatic hydroxyl groups is 11. The molecule has 0 bridgehead atoms. The van der Waals surface area contributed by atoms with Crippen molar-refractivity contribution in [3.8, 4) is 0 Å². The summed E-state index contributed by atoms with van der Waals surface area (Å²) in [4.78, 5) is 13.3. The molecule has 0 spiro atoms. The van der Waals surface area contributed by atoms with Gasteiger partial charge in [0.15, 0.2) is 18.9 Å². The van der Waals surface area contributed by atoms with Crippen LogP contribution < -0.4 is 5.32 Å². The highest BCUT2D eigenvalue weighted by Gasteiger charge is 2.53. The smallest absolute Gasteiger partial charge is 0.220 e. The first-order chi connectivity index (χ1) is 43.8. The number of unbranched alkanes of at least 4 members (excludes halogenated alkanes) is 27. The Morgan fingerprint density at radius 3 is 1.20 bits per heavy atom. The third-order valence-electron chi connectivity index (χ3n) is 17.3. The molecule has 0 saturated carbocycles. The second kappa shape index (κ2) is 52.5. The molecule has 3 aliphatic rings. The van der Waals surface area contributed by atoms with Gasteiger partial charge in [0.2, 0.25) is 5.91 Å². The minimum absolute atomic E-state index is 0.243. The van der Waals surface area contributed by atoms with Gasteiger partial charge in [-0.2, -0.15) is 0 Å². The molecule has 0 aromatic carbocycles. The summed E-state index contributed by atoms with van der Waals surface area (Å²) in [6.07, 6.45) is 39.9. The number of hydrogen-bond donors (Lipinski definition) is 12. The molecule has 1 amide bonds. The minimum atomic E-state index is -1.98. The first-order valence-corrected chi connectivity index (χ1v) is 35.2. The van der Waals surface area contributed by atoms with E-state index < -0.39 is 124 Å². The van der Waals surface area contributed by atoms with Crippen molar-refractivity contribution in [1.29, 1.82) is 0 Å². The van der Waals surface area contributed by atoms with Crippen molar-refractivity contribution in [2.24, 2.45) is 0 Å². The Kier molecular flexibility index (Phi) is 47.5. The number of ether oxygens (including phenoxy) is 6. The summed E-state index contributed by atoms with van der Waals surface area (Å²) >= 11 is 0. The molecule has 19 heteroatoms. The van der Waals surface area contributed by atoms with Gasteiger partial charge in [-0.3, -0.25) is 4.79 Å². The Morgan fingerprint density at radius 1 is 0.411 bits per heavy atom. The van der Waals surface area contributed by atoms with Gasteiger partial charge in [0.1, 0.15) is 73.2 Å². The molecule has 3 saturated heterocycles. The van der Waals surface area contributed by atoms with Crippen LogP contribution in [0.3, 0.4) is 0 Å². The maximum atomic E-state index is 13.3. The number of carbonyl (C=O) groups excluding carboxylic acids is 1. The normalized spacial score (nSPS) is 28.5. The zero-order valence-corrected chi connectivity index (χ0v) is 55.1. The fourth-order valence-corrected chi connectivity index (χ4v) is 11.6. The molecule has 3 aliphatic heterocycles. The monoisotopic (exact) mass is 1280 g/mol. The van der Waals surface area contributed by atoms with Crippen LogP contribution in [0.15, 0.2) is 72.9 Å². The van der Waals surface area contributed by atoms with Crippen molar-refractivity contribution in [3.05, 3.63) is 72.9 Å². The zero-order chi connectivity index (χ0) is 65.4. The first-order valence-electron chi connectivity index (χ1n) is 35.2. The molecular weight excluding hydrogens is 1150 g/mol. The van der Waals surface area contributed by atoms with Gasteiger partial charge in [0.05, 0.1) is 38.6 Å². The molecule has 90 heavy (non-hydrogen) atoms. The van der Waals surface area contributed by atoms with E-state index in [0.717, 1.165) is 83.5 Å². The molecule has 0 aromatic heterocycles. The second-order valence-electron chi connectivity index (χ2n) is 25.0. The van der Waals surface area contributed by atoms with Crippen LogP contribution in [0.5, 0.6) is 0 Å². The molecule has 522 valence electrons. The van der Waals surface area contributed by atoms with E-state index in [0.29, 0.717) is 6.42 Å². The highest BCUT2D eigenvalue weighted by atomic mass is 16.8. The summed E-state index contributed by atoms with van der Waals surface area (Å²) in [6, 6.07) is -0.970. The van der Waals surface area contributed by atoms with Gasteiger partial charge in [0.25, 0.3) is 0 Å². The number of carbonyl (C=O) groups is 1. The Hall–Kier alpha value is -2.77. The standard InChI is InChI=1S/C71H125NO18/c1-3-5-7-9-11-12-13-14-15-16-17-18-19-20-21-22-23-24-25-26-27-28-29-30-31-32-33-34-35-36-37-38-39-40-41-42-43-45-47-49-59(77)72-54(55(76)48-46-44-10-8-6-4-2)53-85-69-65(83)62(80)67(57(51-74)87-69)90-71-66(84)63(81)68(58(52-75)88-71)89-70-64(82)61(79)60(78)56(50-73)86-70/h5,7,11-12,14-15,17-18,20-21,46,48,54-58,60-71,73-76,78-84H,3-4,6,8-10,13,16,19,22-45,47,49-53H2,1-2H3,(H,72,77)/b7-5-,12-11-,15-14-,18-17-,21-20-,48-46+. The highest BCUT2D eigenvalue weighted by Crippen LogP contribution is 2.33. The van der Waals surface area contributed by atoms with Gasteiger partial charge in [-0.25, -0.2) is 0 Å². The molecule has 3 rings (SSSR count). The quantitative estimate of drug-likeness (QED) is 0.0199. The van der Waals surface area contributed by atoms with Crippen LogP contribution in [0.25, 0.3) is 0 Å². The van der Waals surface area contributed by atoms with E-state index in [4.69, 9.17) is 28.4 Å². The molecule has 17 atom stereocenters. The number of hydrogen-bond acceptors (Lipinski definition) is 18. The lowest BCUT2D eigenvalue weighted by Crippen LogP contribution is -2.66. The lowest BCUT2D eigenvalue weighted by atomic mass is 9.96. The molecule has 3 fully saturated rings. The molecule has 17 unspecified atom stereocenters. The summed E-state index contributed by atoms with van der Waals surface area (Å²) in [7, 11) is 0. The van der Waals surface area contributed by atoms with Gasteiger partial charge < -0.3 is 89.9 Å². The number of aliphatic hydroxyl groups excluding tert-OH is 11. The van der Waals surface area contributed by atoms with E-state index in [-0.39, 0.29) is 18.9 Å². The minimum Gasteiger partial charge on any atom is -0.394 e. The van der Waals surface area contributed by atoms with E-state index in [9.17, 15) is 61.0 Å². The van der Waals surface area contributed by atoms with Gasteiger partial charge in [-0.15, -0.1) is 0 Å². The molecule has 0 radical (unpaired) electrons. The molecule has 19 nitrogen and oxygen atoms in total. The SMILES string of the molecule is CC/C=C\C/C=C\C/C=C\C/C=C\C/C=C\CCCCCCCCCCCCCCCCCCCCCCCCCC(=O)NC(COC1OC(CO)C(OC2OC(CO)C(OC3OC(CO)C(O)C(O)C3O)C(O)C2O)C(O)C1O)C(O)/C=C/CCCCCC. The van der Waals surface area contributed by atoms with Crippen LogP contribution in [-0.4, -0.2) is 193 Å². The zero-order valence-electron chi connectivity index (χ0n) is 55.1. The number of rotatable bonds is 53. The topological polar surface area (TPSA) is 307 Å². The fraction of sp³-hybridized carbons (Fsp3) is 0.817. The van der Waals surface area contributed by atoms with Crippen LogP contribution in [0.4, 0.5) is 0 Å². The molecule has 0 aromatic rings. The average Bonchev–Trinajstić information content (AvgIpc) is 1.11. The summed E-state index contributed by atoms with van der Waals surface area (Å²) in [5.41, 5.74) is 0. The molecule has 12 N–H and O–H groups in total. The second-order valence-corrected chi connectivity index (χ2v) is 25.0. The van der Waals surface area contributed by atoms with Gasteiger partial charge in [-0.05, 0) is 64.2 Å². The third kappa shape index (κ3) is 34.1. The third-order valence-corrected chi connectivity index (χ3v) is 17.3. The molecular formula is C71H125NO18. The Labute approximate surface area is 540 Å². The predicted molar refractivity (Wildman–Crippen MR) is 351 cm³/mol. The van der Waals surface area contributed by atoms with Crippen LogP contribution in [0.2, 0.25) is 0 Å². The Balaban J connectivity index is 1.23. The van der Waals surface area contributed by atoms with Crippen molar-refractivity contribution in [2.45, 2.75) is 343 Å². The summed E-state index contributed by atoms with van der Waals surface area (Å²) in [5, 5.41) is 120. The van der Waals surface area contributed by atoms with E-state index >= 15 is 0 Å². The molecule has 0 aliphatic carbocycles. The lowest BCUT2D eigenvalue weighted by molar-refractivity contribution is -0.379. The van der Waals surface area contributed by atoms with Gasteiger partial charge in [0, 0.05) is 6.42 Å². The largest absolute Gasteiger partial charge is 0.394 e. The maximum Gasteiger partial charge on any atom is 0.220 e. The van der Waals surface area contributed by atoms with Crippen molar-refractivity contribution >= 4 is 5.91 Å².